The number of hydrogen-bond acceptors (Lipinski definition) is 1. The molecule has 98 valence electrons. The first-order chi connectivity index (χ1) is 8.50. The molecule has 2 aromatic rings. The number of benzene rings is 1. The van der Waals surface area contributed by atoms with Crippen molar-refractivity contribution in [2.45, 2.75) is 26.7 Å². The fraction of sp³-hybridized carbons (Fsp3) is 0.500. The third kappa shape index (κ3) is 2.44. The van der Waals surface area contributed by atoms with Gasteiger partial charge in [0.05, 0.1) is 0 Å². The van der Waals surface area contributed by atoms with Gasteiger partial charge in [0.25, 0.3) is 0 Å². The lowest BCUT2D eigenvalue weighted by molar-refractivity contribution is 0.400. The molecule has 2 heteroatoms. The second-order valence-corrected chi connectivity index (χ2v) is 5.55. The van der Waals surface area contributed by atoms with Crippen molar-refractivity contribution in [1.82, 2.24) is 9.47 Å². The Hall–Kier alpha value is -1.28. The van der Waals surface area contributed by atoms with Gasteiger partial charge in [-0.2, -0.15) is 0 Å². The van der Waals surface area contributed by atoms with Gasteiger partial charge in [-0.25, -0.2) is 0 Å². The fourth-order valence-corrected chi connectivity index (χ4v) is 2.65. The van der Waals surface area contributed by atoms with Crippen LogP contribution in [0.4, 0.5) is 0 Å². The number of fused-ring (bicyclic) bond motifs is 1. The van der Waals surface area contributed by atoms with Crippen LogP contribution < -0.4 is 0 Å². The summed E-state index contributed by atoms with van der Waals surface area (Å²) in [5, 5.41) is 1.44. The first kappa shape index (κ1) is 13.2. The normalized spacial score (nSPS) is 11.7. The lowest BCUT2D eigenvalue weighted by Gasteiger charge is -2.09. The molecule has 1 aromatic heterocycles. The zero-order valence-electron chi connectivity index (χ0n) is 12.2. The van der Waals surface area contributed by atoms with Crippen LogP contribution >= 0.6 is 0 Å². The zero-order valence-corrected chi connectivity index (χ0v) is 12.2. The first-order valence-electron chi connectivity index (χ1n) is 6.70. The van der Waals surface area contributed by atoms with Gasteiger partial charge in [0.2, 0.25) is 0 Å². The van der Waals surface area contributed by atoms with Gasteiger partial charge in [-0.3, -0.25) is 0 Å². The summed E-state index contributed by atoms with van der Waals surface area (Å²) in [6.45, 7) is 5.56. The van der Waals surface area contributed by atoms with Gasteiger partial charge in [-0.05, 0) is 65.0 Å². The number of aryl methyl sites for hydroxylation is 3. The number of nitrogens with zero attached hydrogens (tertiary/aromatic N) is 2. The summed E-state index contributed by atoms with van der Waals surface area (Å²) >= 11 is 0. The molecular weight excluding hydrogens is 220 g/mol. The van der Waals surface area contributed by atoms with Crippen molar-refractivity contribution in [2.75, 3.05) is 20.6 Å². The van der Waals surface area contributed by atoms with Crippen LogP contribution in [0, 0.1) is 13.8 Å². The predicted octanol–water partition coefficient (Wildman–Crippen LogP) is 3.29. The molecule has 0 bridgehead atoms. The van der Waals surface area contributed by atoms with Crippen molar-refractivity contribution in [3.8, 4) is 0 Å². The van der Waals surface area contributed by atoms with E-state index in [0.717, 1.165) is 6.54 Å². The minimum absolute atomic E-state index is 1.15. The van der Waals surface area contributed by atoms with Crippen molar-refractivity contribution in [1.29, 1.82) is 0 Å². The highest BCUT2D eigenvalue weighted by Crippen LogP contribution is 2.27. The Morgan fingerprint density at radius 1 is 1.17 bits per heavy atom. The largest absolute Gasteiger partial charge is 0.348 e. The minimum Gasteiger partial charge on any atom is -0.348 e. The smallest absolute Gasteiger partial charge is 0.0482 e. The number of rotatable bonds is 4. The molecule has 0 aliphatic carbocycles. The second-order valence-electron chi connectivity index (χ2n) is 5.55. The lowest BCUT2D eigenvalue weighted by Crippen LogP contribution is -2.13. The summed E-state index contributed by atoms with van der Waals surface area (Å²) < 4.78 is 2.32. The van der Waals surface area contributed by atoms with E-state index in [0.29, 0.717) is 0 Å². The van der Waals surface area contributed by atoms with E-state index in [-0.39, 0.29) is 0 Å². The van der Waals surface area contributed by atoms with Gasteiger partial charge in [0.15, 0.2) is 0 Å². The molecule has 0 saturated carbocycles. The van der Waals surface area contributed by atoms with Gasteiger partial charge < -0.3 is 9.47 Å². The van der Waals surface area contributed by atoms with Gasteiger partial charge in [0.1, 0.15) is 0 Å². The van der Waals surface area contributed by atoms with E-state index in [2.05, 4.69) is 62.7 Å². The molecule has 2 nitrogen and oxygen atoms in total. The molecule has 0 saturated heterocycles. The van der Waals surface area contributed by atoms with Gasteiger partial charge in [-0.1, -0.05) is 11.6 Å². The maximum atomic E-state index is 2.33. The van der Waals surface area contributed by atoms with Crippen LogP contribution in [-0.4, -0.2) is 30.1 Å². The summed E-state index contributed by atoms with van der Waals surface area (Å²) in [4.78, 5) is 2.26. The van der Waals surface area contributed by atoms with Crippen molar-refractivity contribution >= 4 is 10.9 Å². The van der Waals surface area contributed by atoms with Crippen LogP contribution in [0.1, 0.15) is 23.2 Å². The van der Waals surface area contributed by atoms with E-state index in [4.69, 9.17) is 0 Å². The van der Waals surface area contributed by atoms with E-state index >= 15 is 0 Å². The van der Waals surface area contributed by atoms with E-state index in [9.17, 15) is 0 Å². The van der Waals surface area contributed by atoms with Crippen LogP contribution in [-0.2, 0) is 13.5 Å². The molecule has 1 heterocycles. The lowest BCUT2D eigenvalue weighted by atomic mass is 10.0. The molecule has 0 amide bonds. The van der Waals surface area contributed by atoms with Crippen molar-refractivity contribution in [3.63, 3.8) is 0 Å². The molecule has 0 N–H and O–H groups in total. The van der Waals surface area contributed by atoms with Crippen molar-refractivity contribution in [2.24, 2.45) is 7.05 Å². The number of hydrogen-bond donors (Lipinski definition) is 0. The van der Waals surface area contributed by atoms with Crippen LogP contribution in [0.5, 0.6) is 0 Å². The molecule has 2 rings (SSSR count). The van der Waals surface area contributed by atoms with Crippen LogP contribution in [0.15, 0.2) is 18.2 Å². The molecule has 0 atom stereocenters. The summed E-state index contributed by atoms with van der Waals surface area (Å²) in [6.07, 6.45) is 2.39. The average Bonchev–Trinajstić information content (AvgIpc) is 2.53. The van der Waals surface area contributed by atoms with Crippen molar-refractivity contribution < 1.29 is 0 Å². The monoisotopic (exact) mass is 244 g/mol. The Balaban J connectivity index is 2.36. The summed E-state index contributed by atoms with van der Waals surface area (Å²) in [5.41, 5.74) is 5.65. The Kier molecular flexibility index (Phi) is 3.76. The molecular formula is C16H24N2. The summed E-state index contributed by atoms with van der Waals surface area (Å²) in [5.74, 6) is 0. The third-order valence-corrected chi connectivity index (χ3v) is 3.81. The fourth-order valence-electron chi connectivity index (χ4n) is 2.65. The average molecular weight is 244 g/mol. The molecule has 0 unspecified atom stereocenters. The summed E-state index contributed by atoms with van der Waals surface area (Å²) in [6, 6.07) is 6.77. The molecule has 0 radical (unpaired) electrons. The topological polar surface area (TPSA) is 8.17 Å². The minimum atomic E-state index is 1.15. The third-order valence-electron chi connectivity index (χ3n) is 3.81. The zero-order chi connectivity index (χ0) is 13.3. The second kappa shape index (κ2) is 5.15. The van der Waals surface area contributed by atoms with Gasteiger partial charge >= 0.3 is 0 Å². The highest BCUT2D eigenvalue weighted by atomic mass is 15.0. The van der Waals surface area contributed by atoms with Crippen LogP contribution in [0.2, 0.25) is 0 Å². The SMILES string of the molecule is Cc1ccc2c(c1)c(CCCN(C)C)c(C)n2C. The quantitative estimate of drug-likeness (QED) is 0.801. The maximum absolute atomic E-state index is 2.33. The summed E-state index contributed by atoms with van der Waals surface area (Å²) in [7, 11) is 6.45. The Labute approximate surface area is 110 Å². The Bertz CT molecular complexity index is 550. The highest BCUT2D eigenvalue weighted by Gasteiger charge is 2.11. The van der Waals surface area contributed by atoms with Gasteiger partial charge in [-0.15, -0.1) is 0 Å². The van der Waals surface area contributed by atoms with E-state index in [1.807, 2.05) is 0 Å². The standard InChI is InChI=1S/C16H24N2/c1-12-8-9-16-15(11-12)14(13(2)18(16)5)7-6-10-17(3)4/h8-9,11H,6-7,10H2,1-5H3. The molecule has 0 spiro atoms. The molecule has 0 aliphatic heterocycles. The predicted molar refractivity (Wildman–Crippen MR) is 79.3 cm³/mol. The van der Waals surface area contributed by atoms with E-state index in [1.165, 1.54) is 40.6 Å². The molecule has 18 heavy (non-hydrogen) atoms. The molecule has 0 fully saturated rings. The van der Waals surface area contributed by atoms with E-state index < -0.39 is 0 Å². The van der Waals surface area contributed by atoms with Crippen LogP contribution in [0.3, 0.4) is 0 Å². The highest BCUT2D eigenvalue weighted by molar-refractivity contribution is 5.86. The molecule has 1 aromatic carbocycles. The Morgan fingerprint density at radius 3 is 2.56 bits per heavy atom. The Morgan fingerprint density at radius 2 is 1.89 bits per heavy atom. The van der Waals surface area contributed by atoms with Crippen LogP contribution in [0.25, 0.3) is 10.9 Å². The van der Waals surface area contributed by atoms with Crippen molar-refractivity contribution in [3.05, 3.63) is 35.0 Å². The van der Waals surface area contributed by atoms with Gasteiger partial charge in [0, 0.05) is 23.6 Å². The molecule has 0 aliphatic rings. The number of aromatic nitrogens is 1. The maximum Gasteiger partial charge on any atom is 0.0482 e. The van der Waals surface area contributed by atoms with E-state index in [1.54, 1.807) is 0 Å². The first-order valence-corrected chi connectivity index (χ1v) is 6.70.